The van der Waals surface area contributed by atoms with E-state index in [0.29, 0.717) is 32.0 Å². The maximum absolute atomic E-state index is 12.6. The molecule has 1 unspecified atom stereocenters. The van der Waals surface area contributed by atoms with Crippen LogP contribution >= 0.6 is 24.0 Å². The van der Waals surface area contributed by atoms with Gasteiger partial charge < -0.3 is 21.3 Å². The van der Waals surface area contributed by atoms with Crippen LogP contribution in [0.25, 0.3) is 0 Å². The molecule has 1 fully saturated rings. The summed E-state index contributed by atoms with van der Waals surface area (Å²) >= 11 is 0. The number of anilines is 1. The van der Waals surface area contributed by atoms with Crippen molar-refractivity contribution in [3.05, 3.63) is 18.0 Å². The predicted molar refractivity (Wildman–Crippen MR) is 110 cm³/mol. The number of nitrogens with zero attached hydrogens (tertiary/aromatic N) is 4. The summed E-state index contributed by atoms with van der Waals surface area (Å²) in [5, 5.41) is 5.90. The molecule has 1 aromatic heterocycles. The van der Waals surface area contributed by atoms with Gasteiger partial charge in [-0.05, 0) is 24.8 Å². The Labute approximate surface area is 178 Å². The molecule has 1 amide bonds. The maximum atomic E-state index is 12.6. The average Bonchev–Trinajstić information content (AvgIpc) is 2.61. The van der Waals surface area contributed by atoms with Crippen molar-refractivity contribution >= 4 is 41.8 Å². The van der Waals surface area contributed by atoms with Gasteiger partial charge in [-0.2, -0.15) is 13.2 Å². The molecule has 8 nitrogen and oxygen atoms in total. The topological polar surface area (TPSA) is 109 Å². The van der Waals surface area contributed by atoms with Gasteiger partial charge in [-0.15, -0.1) is 24.0 Å². The number of hydrogen-bond donors (Lipinski definition) is 3. The number of aliphatic imine (C=N–C) groups is 1. The summed E-state index contributed by atoms with van der Waals surface area (Å²) in [6.07, 6.45) is -1.20. The van der Waals surface area contributed by atoms with Crippen molar-refractivity contribution < 1.29 is 18.0 Å². The Kier molecular flexibility index (Phi) is 9.69. The van der Waals surface area contributed by atoms with Crippen molar-refractivity contribution in [2.24, 2.45) is 16.6 Å². The molecule has 1 aliphatic heterocycles. The zero-order valence-corrected chi connectivity index (χ0v) is 17.8. The van der Waals surface area contributed by atoms with Crippen molar-refractivity contribution in [2.45, 2.75) is 25.4 Å². The van der Waals surface area contributed by atoms with Gasteiger partial charge in [-0.3, -0.25) is 9.79 Å². The summed E-state index contributed by atoms with van der Waals surface area (Å²) < 4.78 is 37.9. The third-order valence-corrected chi connectivity index (χ3v) is 4.16. The molecule has 1 atom stereocenters. The third kappa shape index (κ3) is 7.64. The Bertz CT molecular complexity index is 672. The smallest absolute Gasteiger partial charge is 0.370 e. The Hall–Kier alpha value is -1.86. The molecule has 0 spiro atoms. The molecule has 1 aromatic rings. The van der Waals surface area contributed by atoms with Crippen LogP contribution in [0.1, 0.15) is 25.0 Å². The lowest BCUT2D eigenvalue weighted by atomic mass is 9.95. The number of piperidine rings is 1. The number of amides is 1. The standard InChI is InChI=1S/C16H24F3N7O.HI/c1-21-15(26-8-2-3-11(10-26)9-13(20)27)24-7-6-23-14-22-5-4-12(25-14)16(17,18)19;/h4-5,11H,2-3,6-10H2,1H3,(H2,20,27)(H,21,24)(H,22,23,25);1H. The normalized spacial score (nSPS) is 17.6. The van der Waals surface area contributed by atoms with E-state index >= 15 is 0 Å². The van der Waals surface area contributed by atoms with Crippen LogP contribution in [0, 0.1) is 5.92 Å². The molecule has 12 heteroatoms. The summed E-state index contributed by atoms with van der Waals surface area (Å²) in [5.74, 6) is 0.485. The van der Waals surface area contributed by atoms with E-state index in [1.165, 1.54) is 0 Å². The fourth-order valence-electron chi connectivity index (χ4n) is 2.99. The van der Waals surface area contributed by atoms with E-state index in [2.05, 4.69) is 30.5 Å². The Morgan fingerprint density at radius 3 is 2.82 bits per heavy atom. The second kappa shape index (κ2) is 11.2. The molecular formula is C16H25F3IN7O. The Morgan fingerprint density at radius 2 is 2.18 bits per heavy atom. The van der Waals surface area contributed by atoms with Gasteiger partial charge in [0.1, 0.15) is 5.69 Å². The lowest BCUT2D eigenvalue weighted by molar-refractivity contribution is -0.141. The van der Waals surface area contributed by atoms with Crippen LogP contribution in [-0.2, 0) is 11.0 Å². The van der Waals surface area contributed by atoms with E-state index in [4.69, 9.17) is 5.73 Å². The minimum Gasteiger partial charge on any atom is -0.370 e. The number of nitrogens with one attached hydrogen (secondary N) is 2. The van der Waals surface area contributed by atoms with Crippen LogP contribution in [0.5, 0.6) is 0 Å². The molecule has 0 aliphatic carbocycles. The lowest BCUT2D eigenvalue weighted by Crippen LogP contribution is -2.48. The Morgan fingerprint density at radius 1 is 1.43 bits per heavy atom. The number of guanidine groups is 1. The van der Waals surface area contributed by atoms with Crippen LogP contribution in [0.15, 0.2) is 17.3 Å². The first-order valence-electron chi connectivity index (χ1n) is 8.67. The highest BCUT2D eigenvalue weighted by Crippen LogP contribution is 2.27. The van der Waals surface area contributed by atoms with Gasteiger partial charge in [0.15, 0.2) is 5.96 Å². The SMILES string of the molecule is CN=C(NCCNc1nccc(C(F)(F)F)n1)N1CCCC(CC(N)=O)C1.I. The highest BCUT2D eigenvalue weighted by molar-refractivity contribution is 14.0. The lowest BCUT2D eigenvalue weighted by Gasteiger charge is -2.34. The zero-order chi connectivity index (χ0) is 19.9. The molecule has 0 aromatic carbocycles. The number of aromatic nitrogens is 2. The van der Waals surface area contributed by atoms with Crippen molar-refractivity contribution in [1.29, 1.82) is 0 Å². The first kappa shape index (κ1) is 24.2. The molecular weight excluding hydrogens is 490 g/mol. The van der Waals surface area contributed by atoms with Crippen LogP contribution in [0.3, 0.4) is 0 Å². The quantitative estimate of drug-likeness (QED) is 0.231. The van der Waals surface area contributed by atoms with E-state index in [0.717, 1.165) is 31.6 Å². The van der Waals surface area contributed by atoms with Crippen LogP contribution in [0.4, 0.5) is 19.1 Å². The van der Waals surface area contributed by atoms with Crippen molar-refractivity contribution in [3.63, 3.8) is 0 Å². The number of carbonyl (C=O) groups excluding carboxylic acids is 1. The number of rotatable bonds is 6. The van der Waals surface area contributed by atoms with Crippen molar-refractivity contribution in [3.8, 4) is 0 Å². The van der Waals surface area contributed by atoms with Gasteiger partial charge in [0, 0.05) is 45.8 Å². The predicted octanol–water partition coefficient (Wildman–Crippen LogP) is 1.69. The molecule has 0 bridgehead atoms. The molecule has 2 rings (SSSR count). The summed E-state index contributed by atoms with van der Waals surface area (Å²) in [7, 11) is 1.66. The summed E-state index contributed by atoms with van der Waals surface area (Å²) in [6.45, 7) is 2.24. The van der Waals surface area contributed by atoms with Gasteiger partial charge in [-0.25, -0.2) is 9.97 Å². The number of nitrogens with two attached hydrogens (primary N) is 1. The van der Waals surface area contributed by atoms with E-state index in [-0.39, 0.29) is 41.8 Å². The number of likely N-dealkylation sites (tertiary alicyclic amines) is 1. The van der Waals surface area contributed by atoms with Crippen molar-refractivity contribution in [2.75, 3.05) is 38.5 Å². The van der Waals surface area contributed by atoms with E-state index < -0.39 is 11.9 Å². The minimum absolute atomic E-state index is 0. The van der Waals surface area contributed by atoms with Crippen LogP contribution in [-0.4, -0.2) is 60.0 Å². The number of alkyl halides is 3. The highest BCUT2D eigenvalue weighted by Gasteiger charge is 2.32. The van der Waals surface area contributed by atoms with E-state index in [9.17, 15) is 18.0 Å². The number of hydrogen-bond acceptors (Lipinski definition) is 5. The van der Waals surface area contributed by atoms with Gasteiger partial charge in [-0.1, -0.05) is 0 Å². The first-order valence-corrected chi connectivity index (χ1v) is 8.67. The monoisotopic (exact) mass is 515 g/mol. The molecule has 0 radical (unpaired) electrons. The summed E-state index contributed by atoms with van der Waals surface area (Å²) in [5.41, 5.74) is 4.29. The van der Waals surface area contributed by atoms with Crippen molar-refractivity contribution in [1.82, 2.24) is 20.2 Å². The molecule has 4 N–H and O–H groups in total. The third-order valence-electron chi connectivity index (χ3n) is 4.16. The largest absolute Gasteiger partial charge is 0.433 e. The van der Waals surface area contributed by atoms with Crippen LogP contribution < -0.4 is 16.4 Å². The molecule has 0 saturated carbocycles. The average molecular weight is 515 g/mol. The highest BCUT2D eigenvalue weighted by atomic mass is 127. The van der Waals surface area contributed by atoms with Gasteiger partial charge in [0.2, 0.25) is 11.9 Å². The van der Waals surface area contributed by atoms with E-state index in [1.54, 1.807) is 7.05 Å². The van der Waals surface area contributed by atoms with Crippen LogP contribution in [0.2, 0.25) is 0 Å². The summed E-state index contributed by atoms with van der Waals surface area (Å²) in [6, 6.07) is 0.824. The fraction of sp³-hybridized carbons (Fsp3) is 0.625. The molecule has 1 saturated heterocycles. The zero-order valence-electron chi connectivity index (χ0n) is 15.5. The second-order valence-electron chi connectivity index (χ2n) is 6.29. The van der Waals surface area contributed by atoms with Gasteiger partial charge in [0.05, 0.1) is 0 Å². The molecule has 2 heterocycles. The Balaban J connectivity index is 0.00000392. The van der Waals surface area contributed by atoms with Gasteiger partial charge in [0.25, 0.3) is 0 Å². The maximum Gasteiger partial charge on any atom is 0.433 e. The van der Waals surface area contributed by atoms with Gasteiger partial charge >= 0.3 is 6.18 Å². The second-order valence-corrected chi connectivity index (χ2v) is 6.29. The summed E-state index contributed by atoms with van der Waals surface area (Å²) in [4.78, 5) is 24.6. The first-order chi connectivity index (χ1) is 12.8. The molecule has 1 aliphatic rings. The molecule has 158 valence electrons. The number of halogens is 4. The minimum atomic E-state index is -4.50. The molecule has 28 heavy (non-hydrogen) atoms. The van der Waals surface area contributed by atoms with E-state index in [1.807, 2.05) is 0 Å². The number of primary amides is 1. The number of carbonyl (C=O) groups is 1. The fourth-order valence-corrected chi connectivity index (χ4v) is 2.99.